The van der Waals surface area contributed by atoms with E-state index in [0.717, 1.165) is 17.8 Å². The van der Waals surface area contributed by atoms with Crippen molar-refractivity contribution >= 4 is 17.0 Å². The van der Waals surface area contributed by atoms with E-state index in [0.29, 0.717) is 22.8 Å². The average molecular weight is 229 g/mol. The number of nitrogens with zero attached hydrogens (tertiary/aromatic N) is 4. The maximum absolute atomic E-state index is 5.88. The number of hydrogen-bond acceptors (Lipinski definition) is 5. The molecule has 0 amide bonds. The Balaban J connectivity index is 2.23. The van der Waals surface area contributed by atoms with Crippen LogP contribution in [0.15, 0.2) is 12.4 Å². The highest BCUT2D eigenvalue weighted by Crippen LogP contribution is 2.20. The molecule has 0 aliphatic rings. The predicted octanol–water partition coefficient (Wildman–Crippen LogP) is 0.888. The van der Waals surface area contributed by atoms with E-state index >= 15 is 0 Å². The lowest BCUT2D eigenvalue weighted by molar-refractivity contribution is 0.998. The molecule has 0 spiro atoms. The van der Waals surface area contributed by atoms with Crippen LogP contribution < -0.4 is 5.73 Å². The Morgan fingerprint density at radius 2 is 2.18 bits per heavy atom. The fourth-order valence-corrected chi connectivity index (χ4v) is 1.64. The van der Waals surface area contributed by atoms with Gasteiger partial charge in [0.1, 0.15) is 11.3 Å². The fourth-order valence-electron chi connectivity index (χ4n) is 1.64. The summed E-state index contributed by atoms with van der Waals surface area (Å²) in [5, 5.41) is 6.57. The van der Waals surface area contributed by atoms with Crippen molar-refractivity contribution in [1.29, 1.82) is 0 Å². The highest BCUT2D eigenvalue weighted by atomic mass is 15.1. The van der Waals surface area contributed by atoms with Crippen LogP contribution in [0.1, 0.15) is 12.7 Å². The third-order valence-corrected chi connectivity index (χ3v) is 2.52. The number of nitrogens with two attached hydrogens (primary N) is 1. The molecule has 17 heavy (non-hydrogen) atoms. The second kappa shape index (κ2) is 3.55. The maximum Gasteiger partial charge on any atom is 0.183 e. The van der Waals surface area contributed by atoms with Crippen LogP contribution in [0.2, 0.25) is 0 Å². The molecule has 4 N–H and O–H groups in total. The summed E-state index contributed by atoms with van der Waals surface area (Å²) in [6, 6.07) is 0. The zero-order valence-corrected chi connectivity index (χ0v) is 9.23. The molecule has 3 rings (SSSR count). The van der Waals surface area contributed by atoms with Gasteiger partial charge < -0.3 is 10.7 Å². The molecule has 7 nitrogen and oxygen atoms in total. The fraction of sp³-hybridized carbons (Fsp3) is 0.200. The first kappa shape index (κ1) is 9.76. The second-order valence-electron chi connectivity index (χ2n) is 3.66. The van der Waals surface area contributed by atoms with Crippen molar-refractivity contribution in [3.63, 3.8) is 0 Å². The maximum atomic E-state index is 5.88. The molecule has 0 saturated heterocycles. The summed E-state index contributed by atoms with van der Waals surface area (Å²) in [4.78, 5) is 16.0. The van der Waals surface area contributed by atoms with E-state index in [1.165, 1.54) is 0 Å². The SMILES string of the molecule is CCc1nc2nc(-c3cn[nH]c3)nc(N)c2[nH]1. The Morgan fingerprint density at radius 1 is 1.29 bits per heavy atom. The van der Waals surface area contributed by atoms with E-state index in [1.54, 1.807) is 12.4 Å². The van der Waals surface area contributed by atoms with Crippen LogP contribution in [0.3, 0.4) is 0 Å². The topological polar surface area (TPSA) is 109 Å². The molecule has 0 aliphatic heterocycles. The molecular weight excluding hydrogens is 218 g/mol. The van der Waals surface area contributed by atoms with Gasteiger partial charge in [0.05, 0.1) is 11.8 Å². The van der Waals surface area contributed by atoms with Gasteiger partial charge in [-0.05, 0) is 0 Å². The minimum atomic E-state index is 0.401. The molecule has 3 aromatic rings. The molecule has 3 heterocycles. The Labute approximate surface area is 96.5 Å². The third-order valence-electron chi connectivity index (χ3n) is 2.52. The second-order valence-corrected chi connectivity index (χ2v) is 3.66. The van der Waals surface area contributed by atoms with E-state index < -0.39 is 0 Å². The first-order chi connectivity index (χ1) is 8.28. The van der Waals surface area contributed by atoms with E-state index in [9.17, 15) is 0 Å². The van der Waals surface area contributed by atoms with Crippen molar-refractivity contribution in [3.05, 3.63) is 18.2 Å². The van der Waals surface area contributed by atoms with Gasteiger partial charge in [0, 0.05) is 12.6 Å². The van der Waals surface area contributed by atoms with Crippen LogP contribution in [0, 0.1) is 0 Å². The first-order valence-electron chi connectivity index (χ1n) is 5.29. The van der Waals surface area contributed by atoms with Gasteiger partial charge in [-0.2, -0.15) is 5.10 Å². The van der Waals surface area contributed by atoms with Crippen LogP contribution >= 0.6 is 0 Å². The van der Waals surface area contributed by atoms with Gasteiger partial charge in [-0.15, -0.1) is 0 Å². The van der Waals surface area contributed by atoms with Gasteiger partial charge in [-0.1, -0.05) is 6.92 Å². The summed E-state index contributed by atoms with van der Waals surface area (Å²) in [6.45, 7) is 2.01. The van der Waals surface area contributed by atoms with Crippen LogP contribution in [0.5, 0.6) is 0 Å². The first-order valence-corrected chi connectivity index (χ1v) is 5.29. The molecule has 86 valence electrons. The van der Waals surface area contributed by atoms with Crippen molar-refractivity contribution in [2.24, 2.45) is 0 Å². The van der Waals surface area contributed by atoms with Crippen LogP contribution in [0.4, 0.5) is 5.82 Å². The highest BCUT2D eigenvalue weighted by molar-refractivity contribution is 5.83. The molecule has 0 aliphatic carbocycles. The summed E-state index contributed by atoms with van der Waals surface area (Å²) < 4.78 is 0. The lowest BCUT2D eigenvalue weighted by atomic mass is 10.3. The van der Waals surface area contributed by atoms with E-state index in [4.69, 9.17) is 5.73 Å². The normalized spacial score (nSPS) is 11.1. The number of imidazole rings is 1. The number of aryl methyl sites for hydroxylation is 1. The molecule has 0 unspecified atom stereocenters. The van der Waals surface area contributed by atoms with Gasteiger partial charge in [0.2, 0.25) is 0 Å². The quantitative estimate of drug-likeness (QED) is 0.604. The van der Waals surface area contributed by atoms with Crippen LogP contribution in [0.25, 0.3) is 22.6 Å². The molecular formula is C10H11N7. The number of anilines is 1. The molecule has 7 heteroatoms. The molecule has 0 bridgehead atoms. The monoisotopic (exact) mass is 229 g/mol. The standard InChI is InChI=1S/C10H11N7/c1-2-6-14-7-8(11)16-9(17-10(7)15-6)5-3-12-13-4-5/h3-4H,2H2,1H3,(H,12,13)(H3,11,14,15,16,17). The smallest absolute Gasteiger partial charge is 0.183 e. The van der Waals surface area contributed by atoms with Gasteiger partial charge in [0.15, 0.2) is 17.3 Å². The number of aromatic amines is 2. The molecule has 0 fully saturated rings. The number of aromatic nitrogens is 6. The number of rotatable bonds is 2. The zero-order chi connectivity index (χ0) is 11.8. The van der Waals surface area contributed by atoms with E-state index in [-0.39, 0.29) is 0 Å². The lowest BCUT2D eigenvalue weighted by Crippen LogP contribution is -1.96. The van der Waals surface area contributed by atoms with Gasteiger partial charge in [-0.3, -0.25) is 5.10 Å². The third kappa shape index (κ3) is 1.52. The Morgan fingerprint density at radius 3 is 2.88 bits per heavy atom. The van der Waals surface area contributed by atoms with Crippen molar-refractivity contribution < 1.29 is 0 Å². The highest BCUT2D eigenvalue weighted by Gasteiger charge is 2.11. The van der Waals surface area contributed by atoms with Crippen LogP contribution in [-0.4, -0.2) is 30.1 Å². The van der Waals surface area contributed by atoms with E-state index in [1.807, 2.05) is 6.92 Å². The van der Waals surface area contributed by atoms with Crippen molar-refractivity contribution in [2.45, 2.75) is 13.3 Å². The molecule has 0 aromatic carbocycles. The number of fused-ring (bicyclic) bond motifs is 1. The van der Waals surface area contributed by atoms with Crippen molar-refractivity contribution in [3.8, 4) is 11.4 Å². The Kier molecular flexibility index (Phi) is 2.04. The van der Waals surface area contributed by atoms with E-state index in [2.05, 4.69) is 30.1 Å². The Hall–Kier alpha value is -2.44. The van der Waals surface area contributed by atoms with Crippen LogP contribution in [-0.2, 0) is 6.42 Å². The molecule has 0 atom stereocenters. The summed E-state index contributed by atoms with van der Waals surface area (Å²) >= 11 is 0. The van der Waals surface area contributed by atoms with Gasteiger partial charge in [-0.25, -0.2) is 15.0 Å². The summed E-state index contributed by atoms with van der Waals surface area (Å²) in [7, 11) is 0. The number of H-pyrrole nitrogens is 2. The Bertz CT molecular complexity index is 653. The summed E-state index contributed by atoms with van der Waals surface area (Å²) in [6.07, 6.45) is 4.17. The zero-order valence-electron chi connectivity index (χ0n) is 9.23. The largest absolute Gasteiger partial charge is 0.382 e. The number of hydrogen-bond donors (Lipinski definition) is 3. The van der Waals surface area contributed by atoms with Crippen molar-refractivity contribution in [2.75, 3.05) is 5.73 Å². The average Bonchev–Trinajstić information content (AvgIpc) is 2.97. The van der Waals surface area contributed by atoms with Gasteiger partial charge >= 0.3 is 0 Å². The molecule has 0 saturated carbocycles. The number of nitrogens with one attached hydrogen (secondary N) is 2. The number of nitrogen functional groups attached to an aromatic ring is 1. The molecule has 3 aromatic heterocycles. The minimum absolute atomic E-state index is 0.401. The van der Waals surface area contributed by atoms with Gasteiger partial charge in [0.25, 0.3) is 0 Å². The minimum Gasteiger partial charge on any atom is -0.382 e. The predicted molar refractivity (Wildman–Crippen MR) is 63.1 cm³/mol. The lowest BCUT2D eigenvalue weighted by Gasteiger charge is -1.98. The molecule has 0 radical (unpaired) electrons. The summed E-state index contributed by atoms with van der Waals surface area (Å²) in [5.74, 6) is 1.78. The summed E-state index contributed by atoms with van der Waals surface area (Å²) in [5.41, 5.74) is 7.95. The van der Waals surface area contributed by atoms with Crippen molar-refractivity contribution in [1.82, 2.24) is 30.1 Å².